The van der Waals surface area contributed by atoms with Gasteiger partial charge in [-0.2, -0.15) is 0 Å². The van der Waals surface area contributed by atoms with E-state index in [0.29, 0.717) is 17.2 Å². The van der Waals surface area contributed by atoms with Crippen molar-refractivity contribution < 1.29 is 18.9 Å². The molecule has 486 valence electrons. The smallest absolute Gasteiger partial charge is 0.260 e. The first-order chi connectivity index (χ1) is 50.1. The van der Waals surface area contributed by atoms with Crippen LogP contribution < -0.4 is 35.3 Å². The van der Waals surface area contributed by atoms with Crippen LogP contribution in [0.3, 0.4) is 0 Å². The van der Waals surface area contributed by atoms with Gasteiger partial charge in [-0.3, -0.25) is 18.3 Å². The summed E-state index contributed by atoms with van der Waals surface area (Å²) in [4.78, 5) is 19.7. The lowest BCUT2D eigenvalue weighted by Crippen LogP contribution is -2.57. The fraction of sp³-hybridized carbons (Fsp3) is 0.0455. The van der Waals surface area contributed by atoms with Crippen molar-refractivity contribution in [3.05, 3.63) is 318 Å². The number of hydrogen-bond donors (Lipinski definition) is 0. The van der Waals surface area contributed by atoms with Gasteiger partial charge in [-0.1, -0.05) is 127 Å². The number of para-hydroxylation sites is 8. The zero-order chi connectivity index (χ0) is 68.3. The van der Waals surface area contributed by atoms with Crippen molar-refractivity contribution in [3.8, 4) is 91.8 Å². The van der Waals surface area contributed by atoms with Crippen molar-refractivity contribution in [2.24, 2.45) is 0 Å². The summed E-state index contributed by atoms with van der Waals surface area (Å²) in [5, 5.41) is 4.50. The summed E-state index contributed by atoms with van der Waals surface area (Å²) < 4.78 is 36.0. The standard InChI is InChI=1S/C44H29BN4O2.C44H31BrN4O2/c1-26-11-9-12-27(2)43(26)49-35-16-6-4-14-33(35)47-44(49)28-20-21-37-31(23-28)45-32-25-36-30(24-40(32)51-39-18-10-17-38(50-37)42(39)45)29-13-3-5-15-34(29)48(36)41-19-7-8-22-46-41;1-28-11-9-12-29(2)43(28)49-38-16-6-4-14-35(38)47-44(49)30-20-22-31(23-21-30)50-39-17-10-18-40(42(39)45)51-32-24-25-37-34(27-32)33-13-3-5-15-36(33)48(37)41-19-7-8-26-46-41/h3-25H,1-2H3;3-27H,1-2H3. The van der Waals surface area contributed by atoms with E-state index in [1.54, 1.807) is 0 Å². The average Bonchev–Trinajstić information content (AvgIpc) is 1.32. The summed E-state index contributed by atoms with van der Waals surface area (Å²) in [5.41, 5.74) is 20.7. The number of imidazole rings is 2. The summed E-state index contributed by atoms with van der Waals surface area (Å²) in [5.74, 6) is 9.58. The molecule has 0 amide bonds. The Hall–Kier alpha value is -12.8. The lowest BCUT2D eigenvalue weighted by atomic mass is 9.34. The maximum absolute atomic E-state index is 6.75. The fourth-order valence-electron chi connectivity index (χ4n) is 15.3. The second-order valence-electron chi connectivity index (χ2n) is 26.0. The Morgan fingerprint density at radius 2 is 0.804 bits per heavy atom. The molecule has 102 heavy (non-hydrogen) atoms. The predicted molar refractivity (Wildman–Crippen MR) is 415 cm³/mol. The van der Waals surface area contributed by atoms with Gasteiger partial charge in [0.15, 0.2) is 0 Å². The van der Waals surface area contributed by atoms with Gasteiger partial charge in [0.1, 0.15) is 73.8 Å². The SMILES string of the molecule is Cc1cccc(C)c1-n1c(-c2ccc(Oc3cccc(Oc4ccc5c(c4)c4ccccc4n5-c4ccccn4)c3Br)cc2)nc2ccccc21.Cc1cccc(C)c1-n1c(-c2ccc3c(c2)B2c4cc5c(cc4Oc4cccc(c42)O3)c2ccccc2n5-c2ccccn2)nc2ccccc21. The molecule has 0 atom stereocenters. The van der Waals surface area contributed by atoms with Crippen molar-refractivity contribution in [2.45, 2.75) is 27.7 Å². The summed E-state index contributed by atoms with van der Waals surface area (Å²) in [6.45, 7) is 8.51. The van der Waals surface area contributed by atoms with Crippen molar-refractivity contribution in [1.82, 2.24) is 38.2 Å². The zero-order valence-corrected chi connectivity index (χ0v) is 57.5. The molecule has 0 unspecified atom stereocenters. The molecular formula is C88H60BBrN8O4. The second-order valence-corrected chi connectivity index (χ2v) is 26.8. The Labute approximate surface area is 595 Å². The highest BCUT2D eigenvalue weighted by atomic mass is 79.9. The van der Waals surface area contributed by atoms with E-state index in [9.17, 15) is 0 Å². The molecule has 0 saturated heterocycles. The molecule has 0 aliphatic carbocycles. The molecule has 0 saturated carbocycles. The van der Waals surface area contributed by atoms with Gasteiger partial charge in [-0.05, 0) is 228 Å². The van der Waals surface area contributed by atoms with Gasteiger partial charge >= 0.3 is 0 Å². The Morgan fingerprint density at radius 1 is 0.343 bits per heavy atom. The number of aromatic nitrogens is 8. The Balaban J connectivity index is 0.000000141. The predicted octanol–water partition coefficient (Wildman–Crippen LogP) is 20.7. The highest BCUT2D eigenvalue weighted by molar-refractivity contribution is 9.10. The van der Waals surface area contributed by atoms with E-state index in [-0.39, 0.29) is 6.71 Å². The minimum atomic E-state index is -0.124. The first-order valence-electron chi connectivity index (χ1n) is 34.0. The van der Waals surface area contributed by atoms with Crippen LogP contribution in [0.4, 0.5) is 0 Å². The van der Waals surface area contributed by atoms with E-state index in [2.05, 4.69) is 261 Å². The minimum absolute atomic E-state index is 0.124. The van der Waals surface area contributed by atoms with E-state index in [1.807, 2.05) is 97.3 Å². The Morgan fingerprint density at radius 3 is 1.39 bits per heavy atom. The average molecular weight is 1380 g/mol. The van der Waals surface area contributed by atoms with Gasteiger partial charge in [0.05, 0.1) is 55.5 Å². The minimum Gasteiger partial charge on any atom is -0.458 e. The molecule has 0 fully saturated rings. The summed E-state index contributed by atoms with van der Waals surface area (Å²) in [6.07, 6.45) is 3.67. The van der Waals surface area contributed by atoms with E-state index < -0.39 is 0 Å². The van der Waals surface area contributed by atoms with Gasteiger partial charge in [0.2, 0.25) is 0 Å². The van der Waals surface area contributed by atoms with Crippen LogP contribution in [0.5, 0.6) is 46.0 Å². The van der Waals surface area contributed by atoms with Crippen LogP contribution in [0.1, 0.15) is 22.3 Å². The molecule has 18 aromatic rings. The van der Waals surface area contributed by atoms with E-state index in [4.69, 9.17) is 33.9 Å². The Bertz CT molecular complexity index is 6380. The molecule has 14 heteroatoms. The molecule has 0 spiro atoms. The lowest BCUT2D eigenvalue weighted by Gasteiger charge is -2.33. The summed E-state index contributed by atoms with van der Waals surface area (Å²) >= 11 is 3.76. The highest BCUT2D eigenvalue weighted by Gasteiger charge is 2.41. The molecular weight excluding hydrogens is 1320 g/mol. The van der Waals surface area contributed by atoms with Gasteiger partial charge in [-0.15, -0.1) is 0 Å². The van der Waals surface area contributed by atoms with E-state index >= 15 is 0 Å². The van der Waals surface area contributed by atoms with Crippen molar-refractivity contribution in [3.63, 3.8) is 0 Å². The van der Waals surface area contributed by atoms with Crippen LogP contribution in [-0.4, -0.2) is 44.9 Å². The van der Waals surface area contributed by atoms with Gasteiger partial charge in [0.25, 0.3) is 6.71 Å². The van der Waals surface area contributed by atoms with Crippen molar-refractivity contribution >= 4 is 105 Å². The van der Waals surface area contributed by atoms with Crippen LogP contribution in [0, 0.1) is 27.7 Å². The van der Waals surface area contributed by atoms with Gasteiger partial charge in [0, 0.05) is 50.5 Å². The maximum atomic E-state index is 6.75. The number of benzene rings is 12. The number of fused-ring (bicyclic) bond motifs is 12. The molecule has 2 aliphatic heterocycles. The van der Waals surface area contributed by atoms with Crippen molar-refractivity contribution in [1.29, 1.82) is 0 Å². The van der Waals surface area contributed by atoms with Crippen LogP contribution >= 0.6 is 15.9 Å². The van der Waals surface area contributed by atoms with Crippen LogP contribution in [0.2, 0.25) is 0 Å². The molecule has 0 bridgehead atoms. The largest absolute Gasteiger partial charge is 0.458 e. The van der Waals surface area contributed by atoms with Crippen molar-refractivity contribution in [2.75, 3.05) is 0 Å². The summed E-state index contributed by atoms with van der Waals surface area (Å²) in [6, 6.07) is 95.6. The first kappa shape index (κ1) is 60.4. The number of pyridine rings is 2. The molecule has 0 N–H and O–H groups in total. The second kappa shape index (κ2) is 24.3. The number of ether oxygens (including phenoxy) is 4. The van der Waals surface area contributed by atoms with Crippen LogP contribution in [0.25, 0.3) is 111 Å². The van der Waals surface area contributed by atoms with Crippen LogP contribution in [-0.2, 0) is 0 Å². The third-order valence-electron chi connectivity index (χ3n) is 19.8. The lowest BCUT2D eigenvalue weighted by molar-refractivity contribution is 0.455. The number of nitrogens with zero attached hydrogens (tertiary/aromatic N) is 8. The quantitative estimate of drug-likeness (QED) is 0.125. The highest BCUT2D eigenvalue weighted by Crippen LogP contribution is 2.44. The molecule has 20 rings (SSSR count). The number of halogens is 1. The topological polar surface area (TPSA) is 108 Å². The monoisotopic (exact) mass is 1380 g/mol. The van der Waals surface area contributed by atoms with E-state index in [1.165, 1.54) is 22.3 Å². The molecule has 6 aromatic heterocycles. The zero-order valence-electron chi connectivity index (χ0n) is 55.9. The van der Waals surface area contributed by atoms with E-state index in [0.717, 1.165) is 161 Å². The molecule has 8 heterocycles. The maximum Gasteiger partial charge on any atom is 0.260 e. The third kappa shape index (κ3) is 9.96. The molecule has 2 aliphatic rings. The third-order valence-corrected chi connectivity index (χ3v) is 20.6. The summed E-state index contributed by atoms with van der Waals surface area (Å²) in [7, 11) is 0. The Kier molecular flexibility index (Phi) is 14.4. The van der Waals surface area contributed by atoms with Crippen LogP contribution in [0.15, 0.2) is 296 Å². The molecule has 12 aromatic carbocycles. The molecule has 0 radical (unpaired) electrons. The fourth-order valence-corrected chi connectivity index (χ4v) is 15.7. The number of aryl methyl sites for hydroxylation is 4. The molecule has 12 nitrogen and oxygen atoms in total. The van der Waals surface area contributed by atoms with Gasteiger partial charge in [-0.25, -0.2) is 19.9 Å². The normalized spacial score (nSPS) is 12.1. The number of hydrogen-bond acceptors (Lipinski definition) is 8. The first-order valence-corrected chi connectivity index (χ1v) is 34.8. The number of rotatable bonds is 10. The van der Waals surface area contributed by atoms with Gasteiger partial charge < -0.3 is 18.9 Å².